The maximum atomic E-state index is 12.8. The summed E-state index contributed by atoms with van der Waals surface area (Å²) < 4.78 is 1.88. The Balaban J connectivity index is 1.99. The minimum absolute atomic E-state index is 0.220. The van der Waals surface area contributed by atoms with E-state index in [1.807, 2.05) is 26.0 Å². The van der Waals surface area contributed by atoms with Crippen LogP contribution in [0.3, 0.4) is 0 Å². The van der Waals surface area contributed by atoms with Crippen LogP contribution in [0.25, 0.3) is 22.1 Å². The van der Waals surface area contributed by atoms with Crippen molar-refractivity contribution in [3.8, 4) is 5.75 Å². The van der Waals surface area contributed by atoms with Crippen LogP contribution >= 0.6 is 11.3 Å². The van der Waals surface area contributed by atoms with Gasteiger partial charge in [-0.2, -0.15) is 0 Å². The normalized spacial score (nSPS) is 12.3. The first-order valence-corrected chi connectivity index (χ1v) is 8.59. The van der Waals surface area contributed by atoms with Crippen molar-refractivity contribution in [1.29, 1.82) is 0 Å². The molecule has 0 aliphatic carbocycles. The quantitative estimate of drug-likeness (QED) is 0.434. The molecule has 0 saturated carbocycles. The lowest BCUT2D eigenvalue weighted by atomic mass is 10.1. The number of nitro groups is 1. The molecule has 1 N–H and O–H groups in total. The van der Waals surface area contributed by atoms with E-state index in [0.717, 1.165) is 22.2 Å². The van der Waals surface area contributed by atoms with Gasteiger partial charge in [-0.15, -0.1) is 0 Å². The van der Waals surface area contributed by atoms with E-state index in [9.17, 15) is 20.0 Å². The minimum Gasteiger partial charge on any atom is -0.502 e. The van der Waals surface area contributed by atoms with Gasteiger partial charge < -0.3 is 5.11 Å². The number of thiazole rings is 1. The SMILES string of the molecule is Cc1cc2nc3s/c(=C\c4cccc([N+](=O)[O-])c4O)c(=O)n3c2cc1C. The number of benzene rings is 2. The minimum atomic E-state index is -0.662. The van der Waals surface area contributed by atoms with Gasteiger partial charge in [-0.05, 0) is 43.2 Å². The fraction of sp³-hybridized carbons (Fsp3) is 0.111. The molecule has 0 atom stereocenters. The number of para-hydroxylation sites is 1. The van der Waals surface area contributed by atoms with E-state index in [1.54, 1.807) is 0 Å². The van der Waals surface area contributed by atoms with Gasteiger partial charge in [-0.25, -0.2) is 9.38 Å². The average molecular weight is 367 g/mol. The molecule has 26 heavy (non-hydrogen) atoms. The van der Waals surface area contributed by atoms with E-state index >= 15 is 0 Å². The first-order chi connectivity index (χ1) is 12.4. The highest BCUT2D eigenvalue weighted by atomic mass is 32.1. The first-order valence-electron chi connectivity index (χ1n) is 7.77. The fourth-order valence-corrected chi connectivity index (χ4v) is 3.85. The van der Waals surface area contributed by atoms with E-state index in [0.29, 0.717) is 9.49 Å². The molecule has 0 amide bonds. The number of nitrogens with zero attached hydrogens (tertiary/aromatic N) is 3. The lowest BCUT2D eigenvalue weighted by Gasteiger charge is -1.99. The van der Waals surface area contributed by atoms with Crippen molar-refractivity contribution >= 4 is 39.1 Å². The second-order valence-electron chi connectivity index (χ2n) is 6.04. The van der Waals surface area contributed by atoms with Gasteiger partial charge in [0.05, 0.1) is 20.5 Å². The molecule has 0 bridgehead atoms. The molecule has 2 heterocycles. The van der Waals surface area contributed by atoms with Crippen LogP contribution < -0.4 is 10.1 Å². The number of hydrogen-bond donors (Lipinski definition) is 1. The van der Waals surface area contributed by atoms with Crippen LogP contribution in [0.2, 0.25) is 0 Å². The smallest absolute Gasteiger partial charge is 0.311 e. The van der Waals surface area contributed by atoms with Gasteiger partial charge in [0.1, 0.15) is 0 Å². The molecule has 0 fully saturated rings. The maximum absolute atomic E-state index is 12.8. The van der Waals surface area contributed by atoms with Gasteiger partial charge in [0.25, 0.3) is 5.56 Å². The van der Waals surface area contributed by atoms with Crippen LogP contribution in [-0.2, 0) is 0 Å². The summed E-state index contributed by atoms with van der Waals surface area (Å²) in [7, 11) is 0. The molecule has 0 aliphatic rings. The Morgan fingerprint density at radius 2 is 2.00 bits per heavy atom. The standard InChI is InChI=1S/C18H13N3O4S/c1-9-6-12-14(7-10(9)2)20-17(23)15(26-18(20)19-12)8-11-4-3-5-13(16(11)22)21(24)25/h3-8,22H,1-2H3/b15-8-. The van der Waals surface area contributed by atoms with Gasteiger partial charge in [0, 0.05) is 11.6 Å². The maximum Gasteiger partial charge on any atom is 0.311 e. The molecule has 130 valence electrons. The zero-order chi connectivity index (χ0) is 18.6. The third-order valence-electron chi connectivity index (χ3n) is 4.38. The Labute approximate surface area is 150 Å². The highest BCUT2D eigenvalue weighted by molar-refractivity contribution is 7.15. The van der Waals surface area contributed by atoms with E-state index in [1.165, 1.54) is 40.0 Å². The van der Waals surface area contributed by atoms with Gasteiger partial charge >= 0.3 is 5.69 Å². The van der Waals surface area contributed by atoms with Crippen molar-refractivity contribution in [3.63, 3.8) is 0 Å². The van der Waals surface area contributed by atoms with Gasteiger partial charge in [-0.1, -0.05) is 23.5 Å². The topological polar surface area (TPSA) is 97.7 Å². The van der Waals surface area contributed by atoms with E-state index in [-0.39, 0.29) is 11.1 Å². The van der Waals surface area contributed by atoms with Crippen LogP contribution in [-0.4, -0.2) is 19.4 Å². The Kier molecular flexibility index (Phi) is 3.52. The van der Waals surface area contributed by atoms with Gasteiger partial charge in [0.2, 0.25) is 5.75 Å². The van der Waals surface area contributed by atoms with Crippen molar-refractivity contribution in [2.45, 2.75) is 13.8 Å². The van der Waals surface area contributed by atoms with Crippen molar-refractivity contribution < 1.29 is 10.0 Å². The molecule has 0 spiro atoms. The first kappa shape index (κ1) is 16.2. The Morgan fingerprint density at radius 3 is 2.73 bits per heavy atom. The van der Waals surface area contributed by atoms with Crippen molar-refractivity contribution in [1.82, 2.24) is 9.38 Å². The molecular weight excluding hydrogens is 354 g/mol. The predicted octanol–water partition coefficient (Wildman–Crippen LogP) is 2.69. The average Bonchev–Trinajstić information content (AvgIpc) is 3.06. The summed E-state index contributed by atoms with van der Waals surface area (Å²) in [4.78, 5) is 28.2. The van der Waals surface area contributed by atoms with Crippen molar-refractivity contribution in [2.24, 2.45) is 0 Å². The second-order valence-corrected chi connectivity index (χ2v) is 7.05. The number of fused-ring (bicyclic) bond motifs is 3. The monoisotopic (exact) mass is 367 g/mol. The number of nitro benzene ring substituents is 1. The highest BCUT2D eigenvalue weighted by Gasteiger charge is 2.16. The van der Waals surface area contributed by atoms with Crippen LogP contribution in [0.1, 0.15) is 16.7 Å². The zero-order valence-corrected chi connectivity index (χ0v) is 14.7. The predicted molar refractivity (Wildman–Crippen MR) is 99.9 cm³/mol. The Bertz CT molecular complexity index is 1320. The van der Waals surface area contributed by atoms with Crippen molar-refractivity contribution in [3.05, 3.63) is 72.0 Å². The number of aryl methyl sites for hydroxylation is 2. The molecule has 4 rings (SSSR count). The van der Waals surface area contributed by atoms with Gasteiger partial charge in [-0.3, -0.25) is 14.9 Å². The highest BCUT2D eigenvalue weighted by Crippen LogP contribution is 2.29. The lowest BCUT2D eigenvalue weighted by molar-refractivity contribution is -0.385. The number of phenolic OH excluding ortho intramolecular Hbond substituents is 1. The Morgan fingerprint density at radius 1 is 1.27 bits per heavy atom. The summed E-state index contributed by atoms with van der Waals surface area (Å²) in [6.45, 7) is 3.96. The zero-order valence-electron chi connectivity index (χ0n) is 13.9. The molecule has 0 aliphatic heterocycles. The fourth-order valence-electron chi connectivity index (χ4n) is 2.87. The summed E-state index contributed by atoms with van der Waals surface area (Å²) in [5.41, 5.74) is 3.20. The number of phenols is 1. The number of aromatic hydroxyl groups is 1. The molecule has 0 unspecified atom stereocenters. The summed E-state index contributed by atoms with van der Waals surface area (Å²) in [6, 6.07) is 8.07. The molecule has 4 aromatic rings. The van der Waals surface area contributed by atoms with Gasteiger partial charge in [0.15, 0.2) is 4.96 Å². The number of imidazole rings is 1. The third kappa shape index (κ3) is 2.34. The van der Waals surface area contributed by atoms with Crippen LogP contribution in [0.5, 0.6) is 5.75 Å². The summed E-state index contributed by atoms with van der Waals surface area (Å²) in [6.07, 6.45) is 1.46. The second kappa shape index (κ2) is 5.63. The molecule has 7 nitrogen and oxygen atoms in total. The largest absolute Gasteiger partial charge is 0.502 e. The lowest BCUT2D eigenvalue weighted by Crippen LogP contribution is -2.22. The van der Waals surface area contributed by atoms with Crippen LogP contribution in [0, 0.1) is 24.0 Å². The Hall–Kier alpha value is -3.26. The summed E-state index contributed by atoms with van der Waals surface area (Å²) in [5.74, 6) is -0.459. The van der Waals surface area contributed by atoms with Crippen LogP contribution in [0.15, 0.2) is 35.1 Å². The number of rotatable bonds is 2. The van der Waals surface area contributed by atoms with E-state index in [4.69, 9.17) is 0 Å². The molecule has 8 heteroatoms. The third-order valence-corrected chi connectivity index (χ3v) is 5.35. The van der Waals surface area contributed by atoms with Crippen LogP contribution in [0.4, 0.5) is 5.69 Å². The van der Waals surface area contributed by atoms with Crippen molar-refractivity contribution in [2.75, 3.05) is 0 Å². The molecule has 0 saturated heterocycles. The van der Waals surface area contributed by atoms with E-state index in [2.05, 4.69) is 4.98 Å². The van der Waals surface area contributed by atoms with E-state index < -0.39 is 16.4 Å². The molecular formula is C18H13N3O4S. The molecule has 2 aromatic heterocycles. The molecule has 2 aromatic carbocycles. The number of aromatic nitrogens is 2. The number of hydrogen-bond acceptors (Lipinski definition) is 6. The summed E-state index contributed by atoms with van der Waals surface area (Å²) in [5, 5.41) is 21.0. The summed E-state index contributed by atoms with van der Waals surface area (Å²) >= 11 is 1.18. The molecule has 0 radical (unpaired) electrons.